The molecule has 10 heteroatoms. The highest BCUT2D eigenvalue weighted by atomic mass is 79.9. The smallest absolute Gasteiger partial charge is 0.338 e. The maximum absolute atomic E-state index is 13.3. The van der Waals surface area contributed by atoms with Crippen molar-refractivity contribution in [2.45, 2.75) is 25.0 Å². The quantitative estimate of drug-likeness (QED) is 0.294. The highest BCUT2D eigenvalue weighted by Gasteiger charge is 2.35. The molecule has 1 aliphatic heterocycles. The highest BCUT2D eigenvalue weighted by Crippen LogP contribution is 2.30. The third-order valence-electron chi connectivity index (χ3n) is 5.66. The zero-order chi connectivity index (χ0) is 27.1. The van der Waals surface area contributed by atoms with Crippen LogP contribution in [0.4, 0.5) is 11.4 Å². The minimum absolute atomic E-state index is 0.0476. The van der Waals surface area contributed by atoms with Crippen molar-refractivity contribution in [1.82, 2.24) is 4.90 Å². The molecule has 1 unspecified atom stereocenters. The number of ether oxygens (including phenoxy) is 1. The molecule has 2 amide bonds. The SMILES string of the molecule is CCOC(=O)c1ccc(N=C2SC(C(=O)Nc3cccc(Br)c3)CC(=O)N2CCc2ccc(Cl)cc2)cc1. The largest absolute Gasteiger partial charge is 0.462 e. The number of nitrogens with zero attached hydrogens (tertiary/aromatic N) is 2. The van der Waals surface area contributed by atoms with Crippen LogP contribution in [0.3, 0.4) is 0 Å². The number of amides is 2. The molecule has 1 heterocycles. The summed E-state index contributed by atoms with van der Waals surface area (Å²) in [5.41, 5.74) is 2.63. The van der Waals surface area contributed by atoms with Crippen LogP contribution in [0.2, 0.25) is 5.02 Å². The first-order valence-corrected chi connectivity index (χ1v) is 14.0. The summed E-state index contributed by atoms with van der Waals surface area (Å²) < 4.78 is 5.88. The first-order valence-electron chi connectivity index (χ1n) is 12.0. The van der Waals surface area contributed by atoms with E-state index < -0.39 is 11.2 Å². The standard InChI is InChI=1S/C28H25BrClN3O4S/c1-2-37-27(36)19-8-12-22(13-9-19)32-28-33(15-14-18-6-10-21(30)11-7-18)25(34)17-24(38-28)26(35)31-23-5-3-4-20(29)16-23/h3-13,16,24H,2,14-15,17H2,1H3,(H,31,35). The van der Waals surface area contributed by atoms with Crippen molar-refractivity contribution in [1.29, 1.82) is 0 Å². The molecule has 0 aliphatic carbocycles. The Morgan fingerprint density at radius 1 is 1.13 bits per heavy atom. The van der Waals surface area contributed by atoms with E-state index in [-0.39, 0.29) is 24.8 Å². The maximum Gasteiger partial charge on any atom is 0.338 e. The van der Waals surface area contributed by atoms with Gasteiger partial charge >= 0.3 is 5.97 Å². The van der Waals surface area contributed by atoms with Crippen LogP contribution in [0.5, 0.6) is 0 Å². The molecule has 0 bridgehead atoms. The van der Waals surface area contributed by atoms with Crippen LogP contribution in [-0.2, 0) is 20.7 Å². The molecule has 7 nitrogen and oxygen atoms in total. The van der Waals surface area contributed by atoms with Gasteiger partial charge in [0, 0.05) is 28.1 Å². The van der Waals surface area contributed by atoms with Gasteiger partial charge in [0.25, 0.3) is 0 Å². The van der Waals surface area contributed by atoms with Crippen molar-refractivity contribution in [2.75, 3.05) is 18.5 Å². The fourth-order valence-electron chi connectivity index (χ4n) is 3.74. The summed E-state index contributed by atoms with van der Waals surface area (Å²) in [6.45, 7) is 2.43. The molecule has 0 radical (unpaired) electrons. The molecule has 1 atom stereocenters. The third-order valence-corrected chi connectivity index (χ3v) is 7.60. The maximum atomic E-state index is 13.3. The number of carbonyl (C=O) groups excluding carboxylic acids is 3. The van der Waals surface area contributed by atoms with Gasteiger partial charge in [-0.15, -0.1) is 0 Å². The number of thioether (sulfide) groups is 1. The minimum atomic E-state index is -0.647. The summed E-state index contributed by atoms with van der Waals surface area (Å²) in [5.74, 6) is -0.874. The summed E-state index contributed by atoms with van der Waals surface area (Å²) in [7, 11) is 0. The van der Waals surface area contributed by atoms with Crippen LogP contribution < -0.4 is 5.32 Å². The number of benzene rings is 3. The van der Waals surface area contributed by atoms with Crippen molar-refractivity contribution in [3.63, 3.8) is 0 Å². The molecular formula is C28H25BrClN3O4S. The molecule has 1 aliphatic rings. The van der Waals surface area contributed by atoms with Crippen LogP contribution in [-0.4, -0.2) is 46.3 Å². The van der Waals surface area contributed by atoms with Gasteiger partial charge in [0.2, 0.25) is 11.8 Å². The molecular weight excluding hydrogens is 590 g/mol. The Labute approximate surface area is 238 Å². The van der Waals surface area contributed by atoms with E-state index in [1.807, 2.05) is 36.4 Å². The fourth-order valence-corrected chi connectivity index (χ4v) is 5.39. The van der Waals surface area contributed by atoms with Crippen molar-refractivity contribution in [3.05, 3.63) is 93.4 Å². The molecule has 0 spiro atoms. The fraction of sp³-hybridized carbons (Fsp3) is 0.214. The Balaban J connectivity index is 1.56. The lowest BCUT2D eigenvalue weighted by Crippen LogP contribution is -2.46. The number of hydrogen-bond donors (Lipinski definition) is 1. The number of carbonyl (C=O) groups is 3. The lowest BCUT2D eigenvalue weighted by atomic mass is 10.1. The summed E-state index contributed by atoms with van der Waals surface area (Å²) in [6.07, 6.45) is 0.644. The molecule has 38 heavy (non-hydrogen) atoms. The summed E-state index contributed by atoms with van der Waals surface area (Å²) in [6, 6.07) is 21.4. The molecule has 0 saturated carbocycles. The molecule has 0 aromatic heterocycles. The Morgan fingerprint density at radius 2 is 1.87 bits per heavy atom. The van der Waals surface area contributed by atoms with Crippen LogP contribution >= 0.6 is 39.3 Å². The number of anilines is 1. The van der Waals surface area contributed by atoms with E-state index in [1.165, 1.54) is 11.8 Å². The first-order chi connectivity index (χ1) is 18.3. The predicted molar refractivity (Wildman–Crippen MR) is 155 cm³/mol. The number of nitrogens with one attached hydrogen (secondary N) is 1. The van der Waals surface area contributed by atoms with E-state index in [0.717, 1.165) is 10.0 Å². The van der Waals surface area contributed by atoms with Gasteiger partial charge in [-0.25, -0.2) is 9.79 Å². The van der Waals surface area contributed by atoms with E-state index >= 15 is 0 Å². The Kier molecular flexibility index (Phi) is 9.60. The molecule has 3 aromatic carbocycles. The van der Waals surface area contributed by atoms with E-state index in [2.05, 4.69) is 21.2 Å². The van der Waals surface area contributed by atoms with Crippen LogP contribution in [0, 0.1) is 0 Å². The van der Waals surface area contributed by atoms with Gasteiger partial charge in [0.05, 0.1) is 17.9 Å². The van der Waals surface area contributed by atoms with E-state index in [1.54, 1.807) is 48.2 Å². The summed E-state index contributed by atoms with van der Waals surface area (Å²) in [5, 5.41) is 3.31. The Morgan fingerprint density at radius 3 is 2.55 bits per heavy atom. The average molecular weight is 615 g/mol. The van der Waals surface area contributed by atoms with Gasteiger partial charge in [0.15, 0.2) is 5.17 Å². The predicted octanol–water partition coefficient (Wildman–Crippen LogP) is 6.48. The second-order valence-corrected chi connectivity index (χ2v) is 10.9. The monoisotopic (exact) mass is 613 g/mol. The zero-order valence-corrected chi connectivity index (χ0v) is 23.7. The van der Waals surface area contributed by atoms with Crippen molar-refractivity contribution >= 4 is 73.6 Å². The van der Waals surface area contributed by atoms with Crippen LogP contribution in [0.25, 0.3) is 0 Å². The third kappa shape index (κ3) is 7.46. The van der Waals surface area contributed by atoms with Gasteiger partial charge in [0.1, 0.15) is 5.25 Å². The van der Waals surface area contributed by atoms with Crippen molar-refractivity contribution in [3.8, 4) is 0 Å². The number of halogens is 2. The van der Waals surface area contributed by atoms with E-state index in [9.17, 15) is 14.4 Å². The number of hydrogen-bond acceptors (Lipinski definition) is 6. The molecule has 4 rings (SSSR count). The van der Waals surface area contributed by atoms with Crippen molar-refractivity contribution < 1.29 is 19.1 Å². The second-order valence-electron chi connectivity index (χ2n) is 8.39. The van der Waals surface area contributed by atoms with Crippen LogP contribution in [0.15, 0.2) is 82.3 Å². The van der Waals surface area contributed by atoms with Gasteiger partial charge in [-0.2, -0.15) is 0 Å². The highest BCUT2D eigenvalue weighted by molar-refractivity contribution is 9.10. The molecule has 1 fully saturated rings. The van der Waals surface area contributed by atoms with Crippen molar-refractivity contribution in [2.24, 2.45) is 4.99 Å². The Bertz CT molecular complexity index is 1350. The normalized spacial score (nSPS) is 16.4. The molecule has 3 aromatic rings. The summed E-state index contributed by atoms with van der Waals surface area (Å²) in [4.78, 5) is 44.7. The number of amidine groups is 1. The van der Waals surface area contributed by atoms with E-state index in [4.69, 9.17) is 21.3 Å². The second kappa shape index (κ2) is 13.1. The van der Waals surface area contributed by atoms with E-state index in [0.29, 0.717) is 40.1 Å². The average Bonchev–Trinajstić information content (AvgIpc) is 2.89. The van der Waals surface area contributed by atoms with Gasteiger partial charge in [-0.3, -0.25) is 14.5 Å². The zero-order valence-electron chi connectivity index (χ0n) is 20.5. The minimum Gasteiger partial charge on any atom is -0.462 e. The number of aliphatic imine (C=N–C) groups is 1. The van der Waals surface area contributed by atoms with Gasteiger partial charge in [-0.1, -0.05) is 57.5 Å². The topological polar surface area (TPSA) is 88.1 Å². The number of rotatable bonds is 8. The van der Waals surface area contributed by atoms with Gasteiger partial charge < -0.3 is 10.1 Å². The van der Waals surface area contributed by atoms with Crippen LogP contribution in [0.1, 0.15) is 29.3 Å². The number of esters is 1. The molecule has 1 N–H and O–H groups in total. The van der Waals surface area contributed by atoms with Gasteiger partial charge in [-0.05, 0) is 73.5 Å². The lowest BCUT2D eigenvalue weighted by molar-refractivity contribution is -0.129. The lowest BCUT2D eigenvalue weighted by Gasteiger charge is -2.32. The Hall–Kier alpha value is -3.14. The molecule has 1 saturated heterocycles. The molecule has 196 valence electrons. The summed E-state index contributed by atoms with van der Waals surface area (Å²) >= 11 is 10.6. The first kappa shape index (κ1) is 27.9.